The maximum Gasteiger partial charge on any atom is 0.124 e. The Kier molecular flexibility index (Phi) is 6.90. The van der Waals surface area contributed by atoms with Crippen molar-refractivity contribution in [3.05, 3.63) is 24.3 Å². The molecule has 1 aromatic rings. The quantitative estimate of drug-likeness (QED) is 0.620. The van der Waals surface area contributed by atoms with Gasteiger partial charge in [0.1, 0.15) is 10.1 Å². The van der Waals surface area contributed by atoms with E-state index in [0.717, 1.165) is 12.1 Å². The third kappa shape index (κ3) is 8.05. The van der Waals surface area contributed by atoms with Crippen molar-refractivity contribution in [1.29, 1.82) is 0 Å². The maximum atomic E-state index is 10.3. The van der Waals surface area contributed by atoms with Gasteiger partial charge in [0.2, 0.25) is 0 Å². The standard InChI is InChI=1S/C6H7NO3S.C6H15N/c7-5-1-3-6(4-2-5)11(8,9)10;1-5(2)7-6(3)4/h1-4H,7H2,(H,8,9,10);5-7H,1-4H3. The molecule has 5 nitrogen and oxygen atoms in total. The number of hydrogen-bond donors (Lipinski definition) is 2. The summed E-state index contributed by atoms with van der Waals surface area (Å²) in [4.78, 5) is -0.258. The van der Waals surface area contributed by atoms with Gasteiger partial charge in [-0.3, -0.25) is 0 Å². The van der Waals surface area contributed by atoms with Gasteiger partial charge in [0.25, 0.3) is 0 Å². The Bertz CT molecular complexity index is 433. The number of nitrogen functional groups attached to an aromatic ring is 1. The summed E-state index contributed by atoms with van der Waals surface area (Å²) in [7, 11) is -4.33. The van der Waals surface area contributed by atoms with E-state index in [1.165, 1.54) is 24.3 Å². The van der Waals surface area contributed by atoms with E-state index in [-0.39, 0.29) is 4.90 Å². The molecule has 0 amide bonds. The smallest absolute Gasteiger partial charge is 0.124 e. The van der Waals surface area contributed by atoms with Crippen LogP contribution in [0.2, 0.25) is 0 Å². The van der Waals surface area contributed by atoms with Crippen LogP contribution in [-0.4, -0.2) is 25.1 Å². The highest BCUT2D eigenvalue weighted by molar-refractivity contribution is 7.85. The van der Waals surface area contributed by atoms with Gasteiger partial charge in [-0.05, 0) is 52.0 Å². The molecule has 0 spiro atoms. The van der Waals surface area contributed by atoms with Crippen molar-refractivity contribution in [2.45, 2.75) is 44.7 Å². The van der Waals surface area contributed by atoms with E-state index in [2.05, 4.69) is 33.0 Å². The summed E-state index contributed by atoms with van der Waals surface area (Å²) in [5.41, 5.74) is 5.70. The summed E-state index contributed by atoms with van der Waals surface area (Å²) in [6.07, 6.45) is 0. The molecule has 0 bridgehead atoms. The first kappa shape index (κ1) is 16.9. The van der Waals surface area contributed by atoms with E-state index in [4.69, 9.17) is 5.73 Å². The lowest BCUT2D eigenvalue weighted by Gasteiger charge is -2.06. The molecule has 1 aromatic carbocycles. The van der Waals surface area contributed by atoms with Crippen LogP contribution in [0.1, 0.15) is 27.7 Å². The maximum absolute atomic E-state index is 10.3. The van der Waals surface area contributed by atoms with E-state index in [9.17, 15) is 13.0 Å². The van der Waals surface area contributed by atoms with E-state index < -0.39 is 10.1 Å². The molecule has 0 saturated carbocycles. The number of nitrogens with two attached hydrogens (primary N) is 2. The normalized spacial score (nSPS) is 11.3. The number of anilines is 1. The van der Waals surface area contributed by atoms with Crippen LogP contribution in [0, 0.1) is 0 Å². The first-order chi connectivity index (χ1) is 8.12. The van der Waals surface area contributed by atoms with E-state index in [0.29, 0.717) is 5.69 Å². The summed E-state index contributed by atoms with van der Waals surface area (Å²) in [6.45, 7) is 8.83. The zero-order valence-corrected chi connectivity index (χ0v) is 12.1. The third-order valence-corrected chi connectivity index (χ3v) is 2.79. The summed E-state index contributed by atoms with van der Waals surface area (Å²) in [5, 5.41) is 2.33. The van der Waals surface area contributed by atoms with Crippen LogP contribution in [-0.2, 0) is 10.1 Å². The van der Waals surface area contributed by atoms with E-state index in [1.807, 2.05) is 0 Å². The minimum atomic E-state index is -4.33. The highest BCUT2D eigenvalue weighted by atomic mass is 32.2. The molecule has 1 rings (SSSR count). The molecule has 104 valence electrons. The highest BCUT2D eigenvalue weighted by Crippen LogP contribution is 2.10. The largest absolute Gasteiger partial charge is 0.744 e. The zero-order valence-electron chi connectivity index (χ0n) is 11.3. The topological polar surface area (TPSA) is 99.8 Å². The summed E-state index contributed by atoms with van der Waals surface area (Å²) in [5.74, 6) is 0. The van der Waals surface area contributed by atoms with Crippen molar-refractivity contribution in [2.24, 2.45) is 0 Å². The molecule has 0 heterocycles. The monoisotopic (exact) mass is 274 g/mol. The second-order valence-corrected chi connectivity index (χ2v) is 6.08. The minimum absolute atomic E-state index is 0.258. The predicted octanol–water partition coefficient (Wildman–Crippen LogP) is 0.540. The van der Waals surface area contributed by atoms with Crippen molar-refractivity contribution in [3.63, 3.8) is 0 Å². The summed E-state index contributed by atoms with van der Waals surface area (Å²) >= 11 is 0. The molecular weight excluding hydrogens is 252 g/mol. The number of hydrogen-bond acceptors (Lipinski definition) is 4. The van der Waals surface area contributed by atoms with Crippen LogP contribution in [0.3, 0.4) is 0 Å². The Morgan fingerprint density at radius 3 is 1.67 bits per heavy atom. The van der Waals surface area contributed by atoms with Crippen molar-refractivity contribution in [2.75, 3.05) is 5.73 Å². The van der Waals surface area contributed by atoms with Gasteiger partial charge in [-0.25, -0.2) is 8.42 Å². The fourth-order valence-corrected chi connectivity index (χ4v) is 1.87. The lowest BCUT2D eigenvalue weighted by molar-refractivity contribution is -0.709. The highest BCUT2D eigenvalue weighted by Gasteiger charge is 1.98. The molecule has 0 radical (unpaired) electrons. The van der Waals surface area contributed by atoms with Gasteiger partial charge in [0.05, 0.1) is 17.0 Å². The molecular formula is C12H22N2O3S. The molecule has 0 atom stereocenters. The molecule has 0 aliphatic heterocycles. The lowest BCUT2D eigenvalue weighted by Crippen LogP contribution is -2.92. The van der Waals surface area contributed by atoms with Crippen LogP contribution < -0.4 is 11.1 Å². The zero-order chi connectivity index (χ0) is 14.3. The second kappa shape index (κ2) is 7.35. The molecule has 0 saturated heterocycles. The van der Waals surface area contributed by atoms with Gasteiger partial charge in [-0.15, -0.1) is 0 Å². The van der Waals surface area contributed by atoms with Crippen LogP contribution in [0.5, 0.6) is 0 Å². The SMILES string of the molecule is CC(C)[NH2+]C(C)C.Nc1ccc(S(=O)(=O)[O-])cc1. The van der Waals surface area contributed by atoms with Crippen molar-refractivity contribution in [1.82, 2.24) is 0 Å². The molecule has 4 N–H and O–H groups in total. The lowest BCUT2D eigenvalue weighted by atomic mass is 10.3. The van der Waals surface area contributed by atoms with Gasteiger partial charge < -0.3 is 15.6 Å². The van der Waals surface area contributed by atoms with Gasteiger partial charge >= 0.3 is 0 Å². The van der Waals surface area contributed by atoms with Crippen LogP contribution >= 0.6 is 0 Å². The van der Waals surface area contributed by atoms with Crippen LogP contribution in [0.25, 0.3) is 0 Å². The molecule has 6 heteroatoms. The first-order valence-electron chi connectivity index (χ1n) is 5.79. The Hall–Kier alpha value is -1.11. The van der Waals surface area contributed by atoms with Gasteiger partial charge in [-0.1, -0.05) is 0 Å². The Labute approximate surface area is 109 Å². The average Bonchev–Trinajstić information content (AvgIpc) is 2.15. The molecule has 18 heavy (non-hydrogen) atoms. The Balaban J connectivity index is 0.000000360. The van der Waals surface area contributed by atoms with Crippen molar-refractivity contribution in [3.8, 4) is 0 Å². The molecule has 0 aromatic heterocycles. The number of quaternary nitrogens is 1. The molecule has 0 unspecified atom stereocenters. The molecule has 0 aliphatic carbocycles. The summed E-state index contributed by atoms with van der Waals surface area (Å²) in [6, 6.07) is 6.59. The van der Waals surface area contributed by atoms with Gasteiger partial charge in [0.15, 0.2) is 0 Å². The predicted molar refractivity (Wildman–Crippen MR) is 71.0 cm³/mol. The molecule has 0 fully saturated rings. The third-order valence-electron chi connectivity index (χ3n) is 1.94. The van der Waals surface area contributed by atoms with E-state index >= 15 is 0 Å². The van der Waals surface area contributed by atoms with Crippen LogP contribution in [0.15, 0.2) is 29.2 Å². The number of benzene rings is 1. The fourth-order valence-electron chi connectivity index (χ4n) is 1.40. The first-order valence-corrected chi connectivity index (χ1v) is 7.20. The van der Waals surface area contributed by atoms with Crippen molar-refractivity contribution < 1.29 is 18.3 Å². The fraction of sp³-hybridized carbons (Fsp3) is 0.500. The van der Waals surface area contributed by atoms with Gasteiger partial charge in [0, 0.05) is 5.69 Å². The Morgan fingerprint density at radius 1 is 1.06 bits per heavy atom. The van der Waals surface area contributed by atoms with Gasteiger partial charge in [-0.2, -0.15) is 0 Å². The Morgan fingerprint density at radius 2 is 1.44 bits per heavy atom. The molecule has 0 aliphatic rings. The summed E-state index contributed by atoms with van der Waals surface area (Å²) < 4.78 is 31.0. The second-order valence-electron chi connectivity index (χ2n) is 4.70. The van der Waals surface area contributed by atoms with Crippen LogP contribution in [0.4, 0.5) is 5.69 Å². The van der Waals surface area contributed by atoms with E-state index in [1.54, 1.807) is 0 Å². The van der Waals surface area contributed by atoms with Crippen molar-refractivity contribution >= 4 is 15.8 Å². The minimum Gasteiger partial charge on any atom is -0.744 e. The number of rotatable bonds is 3. The average molecular weight is 274 g/mol.